The van der Waals surface area contributed by atoms with E-state index < -0.39 is 5.97 Å². The predicted molar refractivity (Wildman–Crippen MR) is 131 cm³/mol. The number of nitrogens with two attached hydrogens (primary N) is 1. The first-order valence-corrected chi connectivity index (χ1v) is 11.0. The molecule has 0 bridgehead atoms. The van der Waals surface area contributed by atoms with Gasteiger partial charge in [-0.3, -0.25) is 4.57 Å². The van der Waals surface area contributed by atoms with Crippen LogP contribution in [0.4, 0.5) is 0 Å². The monoisotopic (exact) mass is 458 g/mol. The number of amidine groups is 1. The number of carbonyl (C=O) groups is 1. The highest BCUT2D eigenvalue weighted by Crippen LogP contribution is 2.30. The van der Waals surface area contributed by atoms with Crippen LogP contribution in [0.25, 0.3) is 22.2 Å². The smallest absolute Gasteiger partial charge is 0.338 e. The Balaban J connectivity index is 1.78. The highest BCUT2D eigenvalue weighted by atomic mass is 16.5. The first kappa shape index (κ1) is 22.8. The van der Waals surface area contributed by atoms with Gasteiger partial charge in [0, 0.05) is 5.56 Å². The van der Waals surface area contributed by atoms with Gasteiger partial charge in [-0.25, -0.2) is 4.79 Å². The van der Waals surface area contributed by atoms with Crippen LogP contribution < -0.4 is 10.5 Å². The van der Waals surface area contributed by atoms with Crippen LogP contribution in [-0.4, -0.2) is 38.3 Å². The Bertz CT molecular complexity index is 1370. The van der Waals surface area contributed by atoms with E-state index in [2.05, 4.69) is 10.1 Å². The molecule has 34 heavy (non-hydrogen) atoms. The van der Waals surface area contributed by atoms with E-state index in [4.69, 9.17) is 15.7 Å². The first-order valence-electron chi connectivity index (χ1n) is 11.0. The number of ether oxygens (including phenoxy) is 1. The maximum absolute atomic E-state index is 12.2. The summed E-state index contributed by atoms with van der Waals surface area (Å²) in [6, 6.07) is 19.3. The summed E-state index contributed by atoms with van der Waals surface area (Å²) in [7, 11) is 0. The number of aryl methyl sites for hydroxylation is 1. The van der Waals surface area contributed by atoms with Gasteiger partial charge in [-0.1, -0.05) is 66.7 Å². The lowest BCUT2D eigenvalue weighted by Gasteiger charge is -2.13. The van der Waals surface area contributed by atoms with Crippen LogP contribution >= 0.6 is 0 Å². The van der Waals surface area contributed by atoms with E-state index >= 15 is 0 Å². The van der Waals surface area contributed by atoms with Crippen molar-refractivity contribution in [3.05, 3.63) is 82.9 Å². The Morgan fingerprint density at radius 1 is 1.09 bits per heavy atom. The third-order valence-corrected chi connectivity index (χ3v) is 5.74. The summed E-state index contributed by atoms with van der Waals surface area (Å²) in [5.41, 5.74) is 11.3. The molecule has 0 aliphatic rings. The summed E-state index contributed by atoms with van der Waals surface area (Å²) < 4.78 is 7.58. The number of rotatable bonds is 8. The Hall–Kier alpha value is -4.33. The number of benzene rings is 3. The van der Waals surface area contributed by atoms with Crippen molar-refractivity contribution in [1.82, 2.24) is 9.55 Å². The molecule has 0 fully saturated rings. The zero-order chi connectivity index (χ0) is 24.2. The first-order chi connectivity index (χ1) is 16.5. The van der Waals surface area contributed by atoms with Crippen LogP contribution in [0.1, 0.15) is 40.9 Å². The molecule has 0 unspecified atom stereocenters. The second-order valence-corrected chi connectivity index (χ2v) is 7.77. The number of aromatic nitrogens is 2. The molecule has 1 heterocycles. The number of fused-ring (bicyclic) bond motifs is 1. The average Bonchev–Trinajstić information content (AvgIpc) is 3.20. The highest BCUT2D eigenvalue weighted by Gasteiger charge is 2.22. The number of oxime groups is 1. The van der Waals surface area contributed by atoms with E-state index in [1.165, 1.54) is 0 Å². The van der Waals surface area contributed by atoms with Gasteiger partial charge in [-0.15, -0.1) is 0 Å². The highest BCUT2D eigenvalue weighted by molar-refractivity contribution is 6.04. The van der Waals surface area contributed by atoms with Gasteiger partial charge in [-0.05, 0) is 41.7 Å². The molecule has 174 valence electrons. The maximum Gasteiger partial charge on any atom is 0.338 e. The summed E-state index contributed by atoms with van der Waals surface area (Å²) in [5.74, 6) is -0.944. The van der Waals surface area contributed by atoms with E-state index in [9.17, 15) is 9.90 Å². The molecule has 0 amide bonds. The minimum absolute atomic E-state index is 0.0406. The molecular weight excluding hydrogens is 432 g/mol. The van der Waals surface area contributed by atoms with Gasteiger partial charge in [0.15, 0.2) is 5.84 Å². The molecule has 0 aliphatic carbocycles. The third-order valence-electron chi connectivity index (χ3n) is 5.74. The molecular formula is C26H26N4O4. The number of hydrogen-bond acceptors (Lipinski definition) is 5. The molecule has 4 rings (SSSR count). The van der Waals surface area contributed by atoms with Crippen LogP contribution in [0.5, 0.6) is 6.01 Å². The number of aromatic carboxylic acids is 1. The summed E-state index contributed by atoms with van der Waals surface area (Å²) >= 11 is 0. The SMILES string of the molecule is CCOc1nc2ccc(CC)c(C(=O)O)c2n1Cc1ccc(-c2ccccc2/C(N)=N/O)cc1. The largest absolute Gasteiger partial charge is 0.478 e. The fourth-order valence-corrected chi connectivity index (χ4v) is 4.15. The van der Waals surface area contributed by atoms with Crippen LogP contribution in [0, 0.1) is 0 Å². The molecule has 8 heteroatoms. The van der Waals surface area contributed by atoms with Gasteiger partial charge in [0.25, 0.3) is 6.01 Å². The zero-order valence-electron chi connectivity index (χ0n) is 19.0. The normalized spacial score (nSPS) is 11.6. The Morgan fingerprint density at radius 3 is 2.47 bits per heavy atom. The number of hydrogen-bond donors (Lipinski definition) is 3. The molecule has 1 aromatic heterocycles. The fourth-order valence-electron chi connectivity index (χ4n) is 4.15. The molecule has 8 nitrogen and oxygen atoms in total. The fraction of sp³-hybridized carbons (Fsp3) is 0.192. The standard InChI is InChI=1S/C26H26N4O4/c1-3-17-13-14-21-23(22(17)25(31)32)30(26(28-21)34-4-2)15-16-9-11-18(12-10-16)19-7-5-6-8-20(19)24(27)29-33/h5-14,33H,3-4,15H2,1-2H3,(H2,27,29)(H,31,32). The van der Waals surface area contributed by atoms with Crippen molar-refractivity contribution < 1.29 is 19.8 Å². The lowest BCUT2D eigenvalue weighted by atomic mass is 9.98. The molecule has 0 saturated carbocycles. The Kier molecular flexibility index (Phi) is 6.49. The van der Waals surface area contributed by atoms with Crippen molar-refractivity contribution >= 4 is 22.8 Å². The van der Waals surface area contributed by atoms with Crippen LogP contribution in [0.15, 0.2) is 65.8 Å². The van der Waals surface area contributed by atoms with Gasteiger partial charge in [0.1, 0.15) is 0 Å². The second kappa shape index (κ2) is 9.66. The van der Waals surface area contributed by atoms with Gasteiger partial charge < -0.3 is 20.8 Å². The number of carboxylic acid groups (broad SMARTS) is 1. The van der Waals surface area contributed by atoms with Crippen molar-refractivity contribution in [2.45, 2.75) is 26.8 Å². The molecule has 0 spiro atoms. The second-order valence-electron chi connectivity index (χ2n) is 7.77. The van der Waals surface area contributed by atoms with Crippen LogP contribution in [0.3, 0.4) is 0 Å². The molecule has 4 aromatic rings. The van der Waals surface area contributed by atoms with E-state index in [0.29, 0.717) is 42.2 Å². The average molecular weight is 459 g/mol. The number of carboxylic acids is 1. The van der Waals surface area contributed by atoms with Crippen molar-refractivity contribution in [2.24, 2.45) is 10.9 Å². The quantitative estimate of drug-likeness (QED) is 0.155. The minimum Gasteiger partial charge on any atom is -0.478 e. The molecule has 0 radical (unpaired) electrons. The predicted octanol–water partition coefficient (Wildman–Crippen LogP) is 4.51. The summed E-state index contributed by atoms with van der Waals surface area (Å²) in [6.45, 7) is 4.60. The van der Waals surface area contributed by atoms with Crippen molar-refractivity contribution in [2.75, 3.05) is 6.61 Å². The van der Waals surface area contributed by atoms with Gasteiger partial charge >= 0.3 is 5.97 Å². The van der Waals surface area contributed by atoms with Crippen LogP contribution in [0.2, 0.25) is 0 Å². The van der Waals surface area contributed by atoms with E-state index in [-0.39, 0.29) is 11.4 Å². The summed E-state index contributed by atoms with van der Waals surface area (Å²) in [6.07, 6.45) is 0.598. The Morgan fingerprint density at radius 2 is 1.82 bits per heavy atom. The van der Waals surface area contributed by atoms with E-state index in [1.54, 1.807) is 6.07 Å². The van der Waals surface area contributed by atoms with Gasteiger partial charge in [0.2, 0.25) is 0 Å². The van der Waals surface area contributed by atoms with Gasteiger partial charge in [-0.2, -0.15) is 4.98 Å². The molecule has 0 saturated heterocycles. The van der Waals surface area contributed by atoms with E-state index in [1.807, 2.05) is 73.0 Å². The third kappa shape index (κ3) is 4.17. The van der Waals surface area contributed by atoms with Crippen molar-refractivity contribution in [1.29, 1.82) is 0 Å². The van der Waals surface area contributed by atoms with Crippen molar-refractivity contribution in [3.8, 4) is 17.1 Å². The van der Waals surface area contributed by atoms with E-state index in [0.717, 1.165) is 22.3 Å². The van der Waals surface area contributed by atoms with Crippen LogP contribution in [-0.2, 0) is 13.0 Å². The summed E-state index contributed by atoms with van der Waals surface area (Å²) in [5, 5.41) is 22.2. The molecule has 0 atom stereocenters. The molecule has 3 aromatic carbocycles. The number of nitrogens with zero attached hydrogens (tertiary/aromatic N) is 3. The minimum atomic E-state index is -0.985. The maximum atomic E-state index is 12.2. The molecule has 0 aliphatic heterocycles. The number of imidazole rings is 1. The van der Waals surface area contributed by atoms with Crippen molar-refractivity contribution in [3.63, 3.8) is 0 Å². The lowest BCUT2D eigenvalue weighted by molar-refractivity contribution is 0.0697. The van der Waals surface area contributed by atoms with Gasteiger partial charge in [0.05, 0.1) is 29.7 Å². The summed E-state index contributed by atoms with van der Waals surface area (Å²) in [4.78, 5) is 16.7. The Labute approximate surface area is 196 Å². The lowest BCUT2D eigenvalue weighted by Crippen LogP contribution is -2.14. The topological polar surface area (TPSA) is 123 Å². The molecule has 4 N–H and O–H groups in total. The zero-order valence-corrected chi connectivity index (χ0v) is 19.0.